The predicted molar refractivity (Wildman–Crippen MR) is 109 cm³/mol. The van der Waals surface area contributed by atoms with Crippen LogP contribution in [-0.4, -0.2) is 30.7 Å². The smallest absolute Gasteiger partial charge is 0.269 e. The van der Waals surface area contributed by atoms with Crippen LogP contribution in [0.15, 0.2) is 48.5 Å². The van der Waals surface area contributed by atoms with E-state index in [0.29, 0.717) is 12.0 Å². The Hall–Kier alpha value is -2.40. The van der Waals surface area contributed by atoms with E-state index >= 15 is 0 Å². The quantitative estimate of drug-likeness (QED) is 0.438. The van der Waals surface area contributed by atoms with E-state index < -0.39 is 0 Å². The molecule has 0 spiro atoms. The van der Waals surface area contributed by atoms with Crippen molar-refractivity contribution in [3.63, 3.8) is 0 Å². The standard InChI is InChI=1S/C16H24N2O3.C6H4/c1-3-14-11-13(12-21-4-2)9-10-17(14)15-5-7-16(8-6-15)18(19)20;1-2-6-4-3-5(1)6/h5-8,13-14H,3-4,9-12H2,1-2H3;1-4H. The van der Waals surface area contributed by atoms with Gasteiger partial charge in [0.05, 0.1) is 4.92 Å². The van der Waals surface area contributed by atoms with Gasteiger partial charge in [0.15, 0.2) is 0 Å². The maximum atomic E-state index is 10.7. The van der Waals surface area contributed by atoms with E-state index in [4.69, 9.17) is 4.74 Å². The van der Waals surface area contributed by atoms with Crippen molar-refractivity contribution < 1.29 is 9.66 Å². The third kappa shape index (κ3) is 4.66. The van der Waals surface area contributed by atoms with Gasteiger partial charge in [0.1, 0.15) is 0 Å². The highest BCUT2D eigenvalue weighted by Gasteiger charge is 2.27. The summed E-state index contributed by atoms with van der Waals surface area (Å²) in [4.78, 5) is 12.8. The number of anilines is 1. The maximum Gasteiger partial charge on any atom is 0.269 e. The molecule has 1 aliphatic heterocycles. The van der Waals surface area contributed by atoms with Crippen LogP contribution in [0, 0.1) is 16.0 Å². The molecular weight excluding hydrogens is 340 g/mol. The number of hydrogen-bond donors (Lipinski definition) is 0. The third-order valence-electron chi connectivity index (χ3n) is 5.46. The van der Waals surface area contributed by atoms with E-state index in [1.54, 1.807) is 12.1 Å². The first-order valence-corrected chi connectivity index (χ1v) is 9.81. The number of nitro groups is 1. The Balaban J connectivity index is 0.000000290. The van der Waals surface area contributed by atoms with Crippen molar-refractivity contribution in [2.24, 2.45) is 5.92 Å². The first-order valence-electron chi connectivity index (χ1n) is 9.81. The molecule has 0 bridgehead atoms. The van der Waals surface area contributed by atoms with Gasteiger partial charge in [-0.1, -0.05) is 31.2 Å². The van der Waals surface area contributed by atoms with Crippen LogP contribution in [0.4, 0.5) is 11.4 Å². The Morgan fingerprint density at radius 1 is 1.07 bits per heavy atom. The summed E-state index contributed by atoms with van der Waals surface area (Å²) in [7, 11) is 0. The Morgan fingerprint density at radius 3 is 2.15 bits per heavy atom. The SMILES string of the molecule is CCOCC1CCN(c2ccc([N+](=O)[O-])cc2)C(CC)C1.c1cc2ccc1-2. The topological polar surface area (TPSA) is 55.6 Å². The van der Waals surface area contributed by atoms with Crippen LogP contribution in [0.3, 0.4) is 0 Å². The Labute approximate surface area is 161 Å². The number of benzene rings is 2. The molecule has 0 amide bonds. The molecule has 2 aliphatic carbocycles. The zero-order chi connectivity index (χ0) is 19.2. The molecule has 1 aromatic carbocycles. The summed E-state index contributed by atoms with van der Waals surface area (Å²) in [6.07, 6.45) is 3.33. The summed E-state index contributed by atoms with van der Waals surface area (Å²) >= 11 is 0. The van der Waals surface area contributed by atoms with Crippen molar-refractivity contribution in [1.29, 1.82) is 0 Å². The lowest BCUT2D eigenvalue weighted by Gasteiger charge is -2.40. The van der Waals surface area contributed by atoms with Gasteiger partial charge in [-0.15, -0.1) is 0 Å². The molecule has 5 heteroatoms. The lowest BCUT2D eigenvalue weighted by molar-refractivity contribution is -0.384. The van der Waals surface area contributed by atoms with Crippen LogP contribution in [0.25, 0.3) is 11.1 Å². The van der Waals surface area contributed by atoms with E-state index in [1.807, 2.05) is 19.1 Å². The van der Waals surface area contributed by atoms with E-state index in [0.717, 1.165) is 44.7 Å². The van der Waals surface area contributed by atoms with E-state index in [1.165, 1.54) is 11.1 Å². The lowest BCUT2D eigenvalue weighted by atomic mass is 9.89. The number of non-ortho nitro benzene ring substituents is 1. The molecule has 144 valence electrons. The number of fused-ring (bicyclic) bond motifs is 1. The van der Waals surface area contributed by atoms with E-state index in [9.17, 15) is 10.1 Å². The Morgan fingerprint density at radius 2 is 1.70 bits per heavy atom. The van der Waals surface area contributed by atoms with Gasteiger partial charge < -0.3 is 9.64 Å². The Kier molecular flexibility index (Phi) is 6.45. The highest BCUT2D eigenvalue weighted by molar-refractivity contribution is 5.75. The highest BCUT2D eigenvalue weighted by Crippen LogP contribution is 2.31. The molecule has 3 aliphatic rings. The zero-order valence-electron chi connectivity index (χ0n) is 16.1. The van der Waals surface area contributed by atoms with Crippen LogP contribution in [0.5, 0.6) is 0 Å². The minimum atomic E-state index is -0.352. The van der Waals surface area contributed by atoms with Gasteiger partial charge in [0.2, 0.25) is 0 Å². The van der Waals surface area contributed by atoms with Crippen LogP contribution in [0.1, 0.15) is 33.1 Å². The first-order chi connectivity index (χ1) is 13.1. The monoisotopic (exact) mass is 368 g/mol. The number of nitrogens with zero attached hydrogens (tertiary/aromatic N) is 2. The average Bonchev–Trinajstić information content (AvgIpc) is 2.69. The molecule has 0 saturated carbocycles. The van der Waals surface area contributed by atoms with Crippen LogP contribution in [0.2, 0.25) is 0 Å². The van der Waals surface area contributed by atoms with Gasteiger partial charge >= 0.3 is 0 Å². The van der Waals surface area contributed by atoms with Gasteiger partial charge in [0.25, 0.3) is 5.69 Å². The molecule has 1 fully saturated rings. The van der Waals surface area contributed by atoms with Gasteiger partial charge in [0, 0.05) is 43.6 Å². The molecule has 1 heterocycles. The zero-order valence-corrected chi connectivity index (χ0v) is 16.1. The minimum absolute atomic E-state index is 0.151. The molecule has 0 radical (unpaired) electrons. The normalized spacial score (nSPS) is 19.9. The molecule has 1 aromatic rings. The van der Waals surface area contributed by atoms with Crippen molar-refractivity contribution in [1.82, 2.24) is 0 Å². The number of ether oxygens (including phenoxy) is 1. The largest absolute Gasteiger partial charge is 0.381 e. The van der Waals surface area contributed by atoms with Crippen molar-refractivity contribution in [3.8, 4) is 11.1 Å². The molecule has 1 saturated heterocycles. The second-order valence-electron chi connectivity index (χ2n) is 7.16. The molecule has 2 unspecified atom stereocenters. The third-order valence-corrected chi connectivity index (χ3v) is 5.46. The molecule has 27 heavy (non-hydrogen) atoms. The molecule has 4 rings (SSSR count). The fraction of sp³-hybridized carbons (Fsp3) is 0.455. The van der Waals surface area contributed by atoms with E-state index in [2.05, 4.69) is 36.1 Å². The van der Waals surface area contributed by atoms with Crippen LogP contribution in [-0.2, 0) is 4.74 Å². The number of hydrogen-bond acceptors (Lipinski definition) is 4. The second-order valence-corrected chi connectivity index (χ2v) is 7.16. The summed E-state index contributed by atoms with van der Waals surface area (Å²) in [5.74, 6) is 0.629. The summed E-state index contributed by atoms with van der Waals surface area (Å²) in [6, 6.07) is 15.9. The first kappa shape index (κ1) is 19.4. The molecule has 5 nitrogen and oxygen atoms in total. The minimum Gasteiger partial charge on any atom is -0.381 e. The summed E-state index contributed by atoms with van der Waals surface area (Å²) < 4.78 is 5.56. The predicted octanol–water partition coefficient (Wildman–Crippen LogP) is 5.29. The average molecular weight is 368 g/mol. The number of nitro benzene ring substituents is 1. The van der Waals surface area contributed by atoms with Crippen molar-refractivity contribution >= 4 is 11.4 Å². The van der Waals surface area contributed by atoms with Gasteiger partial charge in [-0.3, -0.25) is 10.1 Å². The van der Waals surface area contributed by atoms with Crippen molar-refractivity contribution in [2.75, 3.05) is 24.7 Å². The van der Waals surface area contributed by atoms with Crippen LogP contribution >= 0.6 is 0 Å². The maximum absolute atomic E-state index is 10.7. The van der Waals surface area contributed by atoms with Gasteiger partial charge in [-0.2, -0.15) is 0 Å². The molecule has 0 aromatic heterocycles. The highest BCUT2D eigenvalue weighted by atomic mass is 16.6. The summed E-state index contributed by atoms with van der Waals surface area (Å²) in [5.41, 5.74) is 4.09. The molecular formula is C22H28N2O3. The van der Waals surface area contributed by atoms with Gasteiger partial charge in [-0.25, -0.2) is 0 Å². The lowest BCUT2D eigenvalue weighted by Crippen LogP contribution is -2.43. The summed E-state index contributed by atoms with van der Waals surface area (Å²) in [6.45, 7) is 6.85. The second kappa shape index (κ2) is 9.00. The van der Waals surface area contributed by atoms with Gasteiger partial charge in [-0.05, 0) is 55.4 Å². The van der Waals surface area contributed by atoms with Crippen LogP contribution < -0.4 is 4.90 Å². The summed E-state index contributed by atoms with van der Waals surface area (Å²) in [5, 5.41) is 10.7. The molecule has 0 N–H and O–H groups in total. The fourth-order valence-electron chi connectivity index (χ4n) is 3.73. The van der Waals surface area contributed by atoms with Crippen molar-refractivity contribution in [3.05, 3.63) is 58.6 Å². The fourth-order valence-corrected chi connectivity index (χ4v) is 3.73. The number of piperidine rings is 1. The Bertz CT molecular complexity index is 722. The number of rotatable bonds is 6. The van der Waals surface area contributed by atoms with E-state index in [-0.39, 0.29) is 10.6 Å². The molecule has 2 atom stereocenters. The van der Waals surface area contributed by atoms with Crippen molar-refractivity contribution in [2.45, 2.75) is 39.2 Å².